The van der Waals surface area contributed by atoms with E-state index in [9.17, 15) is 12.8 Å². The molecular weight excluding hydrogens is 305 g/mol. The number of ether oxygens (including phenoxy) is 1. The van der Waals surface area contributed by atoms with E-state index in [1.165, 1.54) is 24.3 Å². The maximum atomic E-state index is 12.9. The van der Waals surface area contributed by atoms with Crippen LogP contribution in [0, 0.1) is 5.82 Å². The fourth-order valence-corrected chi connectivity index (χ4v) is 3.23. The van der Waals surface area contributed by atoms with Gasteiger partial charge >= 0.3 is 0 Å². The second-order valence-electron chi connectivity index (χ2n) is 4.80. The number of rotatable bonds is 6. The Balaban J connectivity index is 2.14. The SMILES string of the molecule is CCOc1ccc(S(=O)(=O)NC(C)c2ccc(F)cc2)cc1. The molecule has 0 saturated heterocycles. The van der Waals surface area contributed by atoms with Gasteiger partial charge in [-0.15, -0.1) is 0 Å². The quantitative estimate of drug-likeness (QED) is 0.888. The first-order chi connectivity index (χ1) is 10.4. The first kappa shape index (κ1) is 16.5. The summed E-state index contributed by atoms with van der Waals surface area (Å²) in [6, 6.07) is 11.5. The molecule has 1 unspecified atom stereocenters. The van der Waals surface area contributed by atoms with Crippen LogP contribution in [0.2, 0.25) is 0 Å². The van der Waals surface area contributed by atoms with Gasteiger partial charge in [0, 0.05) is 6.04 Å². The van der Waals surface area contributed by atoms with Gasteiger partial charge < -0.3 is 4.74 Å². The van der Waals surface area contributed by atoms with Crippen molar-refractivity contribution in [1.82, 2.24) is 4.72 Å². The third-order valence-corrected chi connectivity index (χ3v) is 4.70. The smallest absolute Gasteiger partial charge is 0.241 e. The van der Waals surface area contributed by atoms with E-state index in [-0.39, 0.29) is 10.7 Å². The number of hydrogen-bond acceptors (Lipinski definition) is 3. The molecule has 1 atom stereocenters. The Morgan fingerprint density at radius 1 is 1.09 bits per heavy atom. The first-order valence-electron chi connectivity index (χ1n) is 6.93. The zero-order valence-electron chi connectivity index (χ0n) is 12.4. The predicted molar refractivity (Wildman–Crippen MR) is 82.7 cm³/mol. The van der Waals surface area contributed by atoms with Gasteiger partial charge in [0.1, 0.15) is 11.6 Å². The molecule has 0 saturated carbocycles. The molecule has 2 rings (SSSR count). The third kappa shape index (κ3) is 4.05. The maximum absolute atomic E-state index is 12.9. The highest BCUT2D eigenvalue weighted by atomic mass is 32.2. The molecule has 0 aliphatic carbocycles. The Hall–Kier alpha value is -1.92. The molecule has 2 aromatic carbocycles. The second-order valence-corrected chi connectivity index (χ2v) is 6.51. The minimum atomic E-state index is -3.65. The summed E-state index contributed by atoms with van der Waals surface area (Å²) < 4.78 is 45.4. The summed E-state index contributed by atoms with van der Waals surface area (Å²) >= 11 is 0. The monoisotopic (exact) mass is 323 g/mol. The molecule has 0 spiro atoms. The average Bonchev–Trinajstić information content (AvgIpc) is 2.48. The summed E-state index contributed by atoms with van der Waals surface area (Å²) in [6.07, 6.45) is 0. The first-order valence-corrected chi connectivity index (χ1v) is 8.41. The number of nitrogens with one attached hydrogen (secondary N) is 1. The van der Waals surface area contributed by atoms with Gasteiger partial charge in [0.2, 0.25) is 10.0 Å². The normalized spacial score (nSPS) is 12.9. The van der Waals surface area contributed by atoms with E-state index in [0.29, 0.717) is 17.9 Å². The van der Waals surface area contributed by atoms with Gasteiger partial charge in [-0.25, -0.2) is 17.5 Å². The van der Waals surface area contributed by atoms with Crippen molar-refractivity contribution in [2.24, 2.45) is 0 Å². The van der Waals surface area contributed by atoms with E-state index in [0.717, 1.165) is 0 Å². The molecule has 0 aromatic heterocycles. The molecule has 1 N–H and O–H groups in total. The molecule has 118 valence electrons. The van der Waals surface area contributed by atoms with E-state index in [4.69, 9.17) is 4.74 Å². The Morgan fingerprint density at radius 3 is 2.23 bits per heavy atom. The lowest BCUT2D eigenvalue weighted by Gasteiger charge is -2.15. The lowest BCUT2D eigenvalue weighted by atomic mass is 10.1. The van der Waals surface area contributed by atoms with Gasteiger partial charge in [-0.3, -0.25) is 0 Å². The van der Waals surface area contributed by atoms with Crippen molar-refractivity contribution in [2.45, 2.75) is 24.8 Å². The molecule has 4 nitrogen and oxygen atoms in total. The fourth-order valence-electron chi connectivity index (χ4n) is 2.00. The van der Waals surface area contributed by atoms with Crippen molar-refractivity contribution >= 4 is 10.0 Å². The molecule has 0 radical (unpaired) electrons. The lowest BCUT2D eigenvalue weighted by Crippen LogP contribution is -2.26. The number of halogens is 1. The van der Waals surface area contributed by atoms with E-state index < -0.39 is 16.1 Å². The zero-order valence-corrected chi connectivity index (χ0v) is 13.2. The molecule has 0 aliphatic rings. The Bertz CT molecular complexity index is 712. The maximum Gasteiger partial charge on any atom is 0.241 e. The van der Waals surface area contributed by atoms with Crippen LogP contribution < -0.4 is 9.46 Å². The van der Waals surface area contributed by atoms with E-state index in [2.05, 4.69) is 4.72 Å². The summed E-state index contributed by atoms with van der Waals surface area (Å²) in [5.74, 6) is 0.262. The summed E-state index contributed by atoms with van der Waals surface area (Å²) in [5.41, 5.74) is 0.691. The molecule has 0 aliphatic heterocycles. The van der Waals surface area contributed by atoms with Gasteiger partial charge in [-0.1, -0.05) is 12.1 Å². The van der Waals surface area contributed by atoms with Crippen molar-refractivity contribution in [2.75, 3.05) is 6.61 Å². The van der Waals surface area contributed by atoms with Gasteiger partial charge in [0.15, 0.2) is 0 Å². The lowest BCUT2D eigenvalue weighted by molar-refractivity contribution is 0.340. The highest BCUT2D eigenvalue weighted by Crippen LogP contribution is 2.19. The number of hydrogen-bond donors (Lipinski definition) is 1. The highest BCUT2D eigenvalue weighted by molar-refractivity contribution is 7.89. The van der Waals surface area contributed by atoms with Crippen molar-refractivity contribution in [3.63, 3.8) is 0 Å². The van der Waals surface area contributed by atoms with Crippen LogP contribution in [0.1, 0.15) is 25.5 Å². The van der Waals surface area contributed by atoms with Gasteiger partial charge in [0.25, 0.3) is 0 Å². The predicted octanol–water partition coefficient (Wildman–Crippen LogP) is 3.26. The van der Waals surface area contributed by atoms with Crippen LogP contribution in [0.25, 0.3) is 0 Å². The van der Waals surface area contributed by atoms with E-state index >= 15 is 0 Å². The minimum Gasteiger partial charge on any atom is -0.494 e. The molecule has 2 aromatic rings. The Morgan fingerprint density at radius 2 is 1.68 bits per heavy atom. The summed E-state index contributed by atoms with van der Waals surface area (Å²) in [5, 5.41) is 0. The van der Waals surface area contributed by atoms with E-state index in [1.807, 2.05) is 6.92 Å². The number of sulfonamides is 1. The minimum absolute atomic E-state index is 0.157. The molecule has 22 heavy (non-hydrogen) atoms. The molecule has 0 heterocycles. The average molecular weight is 323 g/mol. The summed E-state index contributed by atoms with van der Waals surface area (Å²) in [4.78, 5) is 0.157. The molecule has 6 heteroatoms. The van der Waals surface area contributed by atoms with Crippen molar-refractivity contribution in [3.05, 3.63) is 59.9 Å². The Kier molecular flexibility index (Phi) is 5.15. The van der Waals surface area contributed by atoms with Gasteiger partial charge in [0.05, 0.1) is 11.5 Å². The highest BCUT2D eigenvalue weighted by Gasteiger charge is 2.18. The van der Waals surface area contributed by atoms with Crippen LogP contribution in [0.5, 0.6) is 5.75 Å². The van der Waals surface area contributed by atoms with Crippen LogP contribution in [0.3, 0.4) is 0 Å². The molecule has 0 fully saturated rings. The van der Waals surface area contributed by atoms with Crippen molar-refractivity contribution < 1.29 is 17.5 Å². The molecule has 0 bridgehead atoms. The zero-order chi connectivity index (χ0) is 16.2. The van der Waals surface area contributed by atoms with Crippen molar-refractivity contribution in [3.8, 4) is 5.75 Å². The fraction of sp³-hybridized carbons (Fsp3) is 0.250. The largest absolute Gasteiger partial charge is 0.494 e. The third-order valence-electron chi connectivity index (χ3n) is 3.15. The van der Waals surface area contributed by atoms with Gasteiger partial charge in [-0.05, 0) is 55.8 Å². The molecule has 0 amide bonds. The van der Waals surface area contributed by atoms with Crippen LogP contribution >= 0.6 is 0 Å². The topological polar surface area (TPSA) is 55.4 Å². The molecular formula is C16H18FNO3S. The Labute approximate surface area is 130 Å². The second kappa shape index (κ2) is 6.89. The summed E-state index contributed by atoms with van der Waals surface area (Å²) in [7, 11) is -3.65. The van der Waals surface area contributed by atoms with Crippen LogP contribution in [-0.4, -0.2) is 15.0 Å². The van der Waals surface area contributed by atoms with Crippen LogP contribution in [0.15, 0.2) is 53.4 Å². The van der Waals surface area contributed by atoms with Crippen LogP contribution in [0.4, 0.5) is 4.39 Å². The van der Waals surface area contributed by atoms with Gasteiger partial charge in [-0.2, -0.15) is 0 Å². The number of benzene rings is 2. The summed E-state index contributed by atoms with van der Waals surface area (Å²) in [6.45, 7) is 4.09. The van der Waals surface area contributed by atoms with E-state index in [1.54, 1.807) is 31.2 Å². The van der Waals surface area contributed by atoms with Crippen LogP contribution in [-0.2, 0) is 10.0 Å². The van der Waals surface area contributed by atoms with Crippen molar-refractivity contribution in [1.29, 1.82) is 0 Å². The standard InChI is InChI=1S/C16H18FNO3S/c1-3-21-15-8-10-16(11-9-15)22(19,20)18-12(2)13-4-6-14(17)7-5-13/h4-12,18H,3H2,1-2H3.